The van der Waals surface area contributed by atoms with Crippen LogP contribution in [0, 0.1) is 11.8 Å². The molecule has 1 fully saturated rings. The number of carbonyl (C=O) groups excluding carboxylic acids is 1. The maximum atomic E-state index is 12.0. The Bertz CT molecular complexity index is 327. The van der Waals surface area contributed by atoms with Crippen LogP contribution in [0.1, 0.15) is 84.5 Å². The highest BCUT2D eigenvalue weighted by Gasteiger charge is 2.31. The summed E-state index contributed by atoms with van der Waals surface area (Å²) in [4.78, 5) is 12.0. The van der Waals surface area contributed by atoms with Gasteiger partial charge in [-0.2, -0.15) is 0 Å². The lowest BCUT2D eigenvalue weighted by atomic mass is 9.91. The summed E-state index contributed by atoms with van der Waals surface area (Å²) >= 11 is 0. The molecule has 0 heterocycles. The van der Waals surface area contributed by atoms with E-state index in [2.05, 4.69) is 38.2 Å². The molecule has 120 valence electrons. The van der Waals surface area contributed by atoms with Crippen molar-refractivity contribution in [2.24, 2.45) is 11.8 Å². The zero-order chi connectivity index (χ0) is 15.3. The SMILES string of the molecule is CCCC/C=C\C[C@H]1CCC(=O)C1/C=C/CCCCCC. The topological polar surface area (TPSA) is 17.1 Å². The van der Waals surface area contributed by atoms with Gasteiger partial charge in [-0.15, -0.1) is 0 Å². The predicted octanol–water partition coefficient (Wildman–Crippen LogP) is 6.24. The summed E-state index contributed by atoms with van der Waals surface area (Å²) in [6.07, 6.45) is 22.1. The molecule has 0 aromatic heterocycles. The number of Topliss-reactive ketones (excluding diaryl/α,β-unsaturated/α-hetero) is 1. The van der Waals surface area contributed by atoms with Crippen molar-refractivity contribution in [3.8, 4) is 0 Å². The highest BCUT2D eigenvalue weighted by Crippen LogP contribution is 2.33. The summed E-state index contributed by atoms with van der Waals surface area (Å²) in [5.41, 5.74) is 0. The molecule has 21 heavy (non-hydrogen) atoms. The molecule has 0 N–H and O–H groups in total. The van der Waals surface area contributed by atoms with Crippen LogP contribution in [0.4, 0.5) is 0 Å². The van der Waals surface area contributed by atoms with Gasteiger partial charge in [0, 0.05) is 12.3 Å². The van der Waals surface area contributed by atoms with Gasteiger partial charge in [-0.1, -0.05) is 70.3 Å². The second-order valence-electron chi connectivity index (χ2n) is 6.42. The van der Waals surface area contributed by atoms with Crippen molar-refractivity contribution < 1.29 is 4.79 Å². The molecule has 1 unspecified atom stereocenters. The second-order valence-corrected chi connectivity index (χ2v) is 6.42. The lowest BCUT2D eigenvalue weighted by Crippen LogP contribution is -2.11. The van der Waals surface area contributed by atoms with Gasteiger partial charge in [0.1, 0.15) is 5.78 Å². The van der Waals surface area contributed by atoms with Gasteiger partial charge in [0.2, 0.25) is 0 Å². The Hall–Kier alpha value is -0.850. The van der Waals surface area contributed by atoms with E-state index in [1.807, 2.05) is 0 Å². The predicted molar refractivity (Wildman–Crippen MR) is 92.4 cm³/mol. The van der Waals surface area contributed by atoms with E-state index in [4.69, 9.17) is 0 Å². The Morgan fingerprint density at radius 2 is 1.71 bits per heavy atom. The lowest BCUT2D eigenvalue weighted by molar-refractivity contribution is -0.119. The quantitative estimate of drug-likeness (QED) is 0.325. The molecule has 0 aromatic rings. The van der Waals surface area contributed by atoms with Crippen molar-refractivity contribution in [1.82, 2.24) is 0 Å². The van der Waals surface area contributed by atoms with Gasteiger partial charge < -0.3 is 0 Å². The molecule has 1 heteroatoms. The minimum absolute atomic E-state index is 0.201. The Labute approximate surface area is 131 Å². The monoisotopic (exact) mass is 290 g/mol. The molecule has 1 aliphatic carbocycles. The summed E-state index contributed by atoms with van der Waals surface area (Å²) in [6.45, 7) is 4.47. The van der Waals surface area contributed by atoms with Crippen molar-refractivity contribution in [3.63, 3.8) is 0 Å². The molecule has 0 bridgehead atoms. The molecule has 0 aromatic carbocycles. The Morgan fingerprint density at radius 1 is 0.952 bits per heavy atom. The molecular formula is C20H34O. The highest BCUT2D eigenvalue weighted by atomic mass is 16.1. The van der Waals surface area contributed by atoms with Crippen LogP contribution < -0.4 is 0 Å². The van der Waals surface area contributed by atoms with E-state index in [1.165, 1.54) is 44.9 Å². The first kappa shape index (κ1) is 18.2. The molecule has 0 aliphatic heterocycles. The zero-order valence-corrected chi connectivity index (χ0v) is 14.2. The van der Waals surface area contributed by atoms with E-state index < -0.39 is 0 Å². The smallest absolute Gasteiger partial charge is 0.140 e. The first-order chi connectivity index (χ1) is 10.3. The van der Waals surface area contributed by atoms with Crippen molar-refractivity contribution in [1.29, 1.82) is 0 Å². The third-order valence-corrected chi connectivity index (χ3v) is 4.54. The van der Waals surface area contributed by atoms with E-state index >= 15 is 0 Å². The number of ketones is 1. The molecule has 1 nitrogen and oxygen atoms in total. The first-order valence-electron chi connectivity index (χ1n) is 9.14. The fourth-order valence-corrected chi connectivity index (χ4v) is 3.11. The van der Waals surface area contributed by atoms with Crippen LogP contribution in [0.25, 0.3) is 0 Å². The molecule has 0 radical (unpaired) electrons. The van der Waals surface area contributed by atoms with Gasteiger partial charge in [-0.3, -0.25) is 4.79 Å². The Kier molecular flexibility index (Phi) is 10.2. The molecule has 0 spiro atoms. The summed E-state index contributed by atoms with van der Waals surface area (Å²) < 4.78 is 0. The third kappa shape index (κ3) is 7.64. The van der Waals surface area contributed by atoms with Crippen molar-refractivity contribution >= 4 is 5.78 Å². The number of rotatable bonds is 11. The van der Waals surface area contributed by atoms with E-state index in [-0.39, 0.29) is 5.92 Å². The fourth-order valence-electron chi connectivity index (χ4n) is 3.11. The van der Waals surface area contributed by atoms with Crippen LogP contribution >= 0.6 is 0 Å². The van der Waals surface area contributed by atoms with Crippen LogP contribution in [-0.2, 0) is 4.79 Å². The number of unbranched alkanes of at least 4 members (excludes halogenated alkanes) is 6. The maximum absolute atomic E-state index is 12.0. The van der Waals surface area contributed by atoms with Gasteiger partial charge in [0.25, 0.3) is 0 Å². The van der Waals surface area contributed by atoms with Crippen molar-refractivity contribution in [2.45, 2.75) is 84.5 Å². The largest absolute Gasteiger partial charge is 0.299 e. The average Bonchev–Trinajstić information content (AvgIpc) is 2.83. The first-order valence-corrected chi connectivity index (χ1v) is 9.14. The normalized spacial score (nSPS) is 22.9. The average molecular weight is 290 g/mol. The number of hydrogen-bond donors (Lipinski definition) is 0. The van der Waals surface area contributed by atoms with Crippen LogP contribution in [0.2, 0.25) is 0 Å². The van der Waals surface area contributed by atoms with Crippen LogP contribution in [0.15, 0.2) is 24.3 Å². The van der Waals surface area contributed by atoms with E-state index in [1.54, 1.807) is 0 Å². The highest BCUT2D eigenvalue weighted by molar-refractivity contribution is 5.85. The summed E-state index contributed by atoms with van der Waals surface area (Å²) in [7, 11) is 0. The molecule has 1 aliphatic rings. The zero-order valence-electron chi connectivity index (χ0n) is 14.2. The fraction of sp³-hybridized carbons (Fsp3) is 0.750. The standard InChI is InChI=1S/C20H34O/c1-3-5-7-9-11-13-15-19-18(16-17-20(19)21)14-12-10-8-6-4-2/h10,12-13,15,18-19H,3-9,11,14,16-17H2,1-2H3/b12-10-,15-13+/t18-,19?/m0/s1. The minimum Gasteiger partial charge on any atom is -0.299 e. The van der Waals surface area contributed by atoms with Crippen LogP contribution in [0.3, 0.4) is 0 Å². The molecule has 2 atom stereocenters. The van der Waals surface area contributed by atoms with Crippen LogP contribution in [0.5, 0.6) is 0 Å². The van der Waals surface area contributed by atoms with Crippen molar-refractivity contribution in [3.05, 3.63) is 24.3 Å². The number of carbonyl (C=O) groups is 1. The minimum atomic E-state index is 0.201. The van der Waals surface area contributed by atoms with Gasteiger partial charge >= 0.3 is 0 Å². The van der Waals surface area contributed by atoms with Gasteiger partial charge in [-0.25, -0.2) is 0 Å². The van der Waals surface area contributed by atoms with E-state index in [9.17, 15) is 4.79 Å². The molecular weight excluding hydrogens is 256 g/mol. The van der Waals surface area contributed by atoms with E-state index in [0.29, 0.717) is 11.7 Å². The summed E-state index contributed by atoms with van der Waals surface area (Å²) in [5, 5.41) is 0. The van der Waals surface area contributed by atoms with E-state index in [0.717, 1.165) is 25.7 Å². The third-order valence-electron chi connectivity index (χ3n) is 4.54. The second kappa shape index (κ2) is 11.8. The number of allylic oxidation sites excluding steroid dienone is 4. The maximum Gasteiger partial charge on any atom is 0.140 e. The van der Waals surface area contributed by atoms with Gasteiger partial charge in [0.15, 0.2) is 0 Å². The molecule has 0 saturated heterocycles. The van der Waals surface area contributed by atoms with Crippen LogP contribution in [-0.4, -0.2) is 5.78 Å². The molecule has 0 amide bonds. The Balaban J connectivity index is 2.29. The molecule has 1 saturated carbocycles. The molecule has 1 rings (SSSR count). The lowest BCUT2D eigenvalue weighted by Gasteiger charge is -2.12. The summed E-state index contributed by atoms with van der Waals surface area (Å²) in [6, 6.07) is 0. The van der Waals surface area contributed by atoms with Gasteiger partial charge in [0.05, 0.1) is 0 Å². The number of hydrogen-bond acceptors (Lipinski definition) is 1. The van der Waals surface area contributed by atoms with Crippen molar-refractivity contribution in [2.75, 3.05) is 0 Å². The van der Waals surface area contributed by atoms with Gasteiger partial charge in [-0.05, 0) is 38.0 Å². The Morgan fingerprint density at radius 3 is 2.48 bits per heavy atom. The summed E-state index contributed by atoms with van der Waals surface area (Å²) in [5.74, 6) is 1.22.